The van der Waals surface area contributed by atoms with Crippen molar-refractivity contribution in [3.8, 4) is 10.6 Å². The molecule has 15 nitrogen and oxygen atoms in total. The number of thiazole rings is 1. The minimum Gasteiger partial charge on any atom is -0.456 e. The van der Waals surface area contributed by atoms with Crippen LogP contribution in [0.3, 0.4) is 0 Å². The Morgan fingerprint density at radius 2 is 1.61 bits per heavy atom. The van der Waals surface area contributed by atoms with E-state index in [1.54, 1.807) is 37.3 Å². The number of nitrogens with one attached hydrogen (secondary N) is 1. The molecule has 57 heavy (non-hydrogen) atoms. The van der Waals surface area contributed by atoms with Gasteiger partial charge in [-0.25, -0.2) is 24.2 Å². The number of benzene rings is 2. The lowest BCUT2D eigenvalue weighted by atomic mass is 10.0. The average molecular weight is 822 g/mol. The van der Waals surface area contributed by atoms with E-state index in [4.69, 9.17) is 44.8 Å². The maximum atomic E-state index is 13.7. The lowest BCUT2D eigenvalue weighted by molar-refractivity contribution is -0.192. The number of piperidine rings is 1. The molecule has 2 aliphatic heterocycles. The zero-order chi connectivity index (χ0) is 40.9. The first-order valence-electron chi connectivity index (χ1n) is 17.6. The number of hydrogen-bond donors (Lipinski definition) is 1. The molecule has 1 unspecified atom stereocenters. The predicted octanol–water partition coefficient (Wildman–Crippen LogP) is 6.71. The Labute approximate surface area is 337 Å². The van der Waals surface area contributed by atoms with E-state index in [2.05, 4.69) is 30.0 Å². The molecule has 3 heterocycles. The van der Waals surface area contributed by atoms with Crippen LogP contribution in [0.25, 0.3) is 10.6 Å². The molecule has 0 radical (unpaired) electrons. The van der Waals surface area contributed by atoms with Crippen molar-refractivity contribution in [2.24, 2.45) is 0 Å². The zero-order valence-corrected chi connectivity index (χ0v) is 32.5. The van der Waals surface area contributed by atoms with E-state index in [1.165, 1.54) is 35.6 Å². The van der Waals surface area contributed by atoms with Crippen molar-refractivity contribution >= 4 is 58.8 Å². The second-order valence-electron chi connectivity index (χ2n) is 12.4. The fraction of sp³-hybridized carbons (Fsp3) is 0.300. The van der Waals surface area contributed by atoms with Crippen LogP contribution < -0.4 is 10.2 Å². The standard InChI is InChI=1S/C40H40ClN3O12S/c1-5-18-50-37(47)31-22-30(54-39(48)51-19-6-2)32(55-40(49)52-20-7-3)38(53-31)56-36(46)26-10-8-12-29(21-26)44-17-9-11-28(23-44)43-34(45)33-24(4)42-35(57-33)25-13-15-27(41)16-14-25/h5-8,10,12-16,21-22,28,30,32,38H,1-3,9,11,17-20,23H2,4H3,(H,43,45)/t28-,30-,32+,38?/m0/s1. The summed E-state index contributed by atoms with van der Waals surface area (Å²) < 4.78 is 36.9. The van der Waals surface area contributed by atoms with Crippen molar-refractivity contribution in [3.63, 3.8) is 0 Å². The van der Waals surface area contributed by atoms with Gasteiger partial charge in [-0.2, -0.15) is 0 Å². The van der Waals surface area contributed by atoms with Crippen LogP contribution in [0.2, 0.25) is 5.02 Å². The number of anilines is 1. The van der Waals surface area contributed by atoms with Gasteiger partial charge in [0.25, 0.3) is 12.2 Å². The Hall–Kier alpha value is -6.13. The first-order chi connectivity index (χ1) is 27.5. The van der Waals surface area contributed by atoms with Crippen molar-refractivity contribution in [2.45, 2.75) is 44.3 Å². The molecular weight excluding hydrogens is 782 g/mol. The number of nitrogens with zero attached hydrogens (tertiary/aromatic N) is 2. The van der Waals surface area contributed by atoms with Gasteiger partial charge in [0.15, 0.2) is 6.10 Å². The Morgan fingerprint density at radius 3 is 2.32 bits per heavy atom. The van der Waals surface area contributed by atoms with Crippen LogP contribution in [0, 0.1) is 6.92 Å². The van der Waals surface area contributed by atoms with Crippen LogP contribution in [0.5, 0.6) is 0 Å². The first-order valence-corrected chi connectivity index (χ1v) is 18.8. The van der Waals surface area contributed by atoms with Crippen molar-refractivity contribution < 1.29 is 57.1 Å². The Balaban J connectivity index is 1.31. The molecule has 300 valence electrons. The van der Waals surface area contributed by atoms with Gasteiger partial charge in [0.05, 0.1) is 11.3 Å². The summed E-state index contributed by atoms with van der Waals surface area (Å²) in [5.74, 6) is -2.70. The number of halogens is 1. The lowest BCUT2D eigenvalue weighted by Crippen LogP contribution is -2.49. The number of amides is 1. The molecule has 17 heteroatoms. The molecule has 2 aliphatic rings. The highest BCUT2D eigenvalue weighted by Crippen LogP contribution is 2.31. The van der Waals surface area contributed by atoms with E-state index in [0.29, 0.717) is 39.4 Å². The van der Waals surface area contributed by atoms with Gasteiger partial charge in [-0.15, -0.1) is 11.3 Å². The summed E-state index contributed by atoms with van der Waals surface area (Å²) in [6, 6.07) is 13.6. The van der Waals surface area contributed by atoms with Crippen LogP contribution in [0.15, 0.2) is 98.3 Å². The number of esters is 2. The number of ether oxygens (including phenoxy) is 7. The van der Waals surface area contributed by atoms with Crippen LogP contribution in [-0.4, -0.2) is 92.6 Å². The van der Waals surface area contributed by atoms with Gasteiger partial charge in [-0.1, -0.05) is 67.8 Å². The van der Waals surface area contributed by atoms with Crippen molar-refractivity contribution in [1.82, 2.24) is 10.3 Å². The number of carbonyl (C=O) groups is 5. The lowest BCUT2D eigenvalue weighted by Gasteiger charge is -2.35. The van der Waals surface area contributed by atoms with E-state index in [-0.39, 0.29) is 37.3 Å². The summed E-state index contributed by atoms with van der Waals surface area (Å²) >= 11 is 7.34. The molecule has 3 aromatic rings. The molecule has 5 rings (SSSR count). The molecular formula is C40H40ClN3O12S. The van der Waals surface area contributed by atoms with Gasteiger partial charge >= 0.3 is 24.2 Å². The summed E-state index contributed by atoms with van der Waals surface area (Å²) in [6.07, 6.45) is -1.19. The van der Waals surface area contributed by atoms with Gasteiger partial charge in [0, 0.05) is 41.5 Å². The Morgan fingerprint density at radius 1 is 0.930 bits per heavy atom. The van der Waals surface area contributed by atoms with Crippen LogP contribution in [0.4, 0.5) is 15.3 Å². The molecule has 1 amide bonds. The SMILES string of the molecule is C=CCOC(=O)O[C@H]1C=C(C(=O)OCC=C)OC(OC(=O)c2cccc(N3CCC[C@H](NC(=O)c4sc(-c5ccc(Cl)cc5)nc4C)C3)c2)[C@@H]1OC(=O)OCC=C. The molecule has 0 bridgehead atoms. The maximum absolute atomic E-state index is 13.7. The fourth-order valence-electron chi connectivity index (χ4n) is 5.72. The summed E-state index contributed by atoms with van der Waals surface area (Å²) in [7, 11) is 0. The molecule has 1 aromatic heterocycles. The minimum absolute atomic E-state index is 0.0680. The second-order valence-corrected chi connectivity index (χ2v) is 13.9. The number of rotatable bonds is 15. The van der Waals surface area contributed by atoms with E-state index in [1.807, 2.05) is 17.0 Å². The monoisotopic (exact) mass is 821 g/mol. The fourth-order valence-corrected chi connectivity index (χ4v) is 6.82. The third kappa shape index (κ3) is 11.5. The van der Waals surface area contributed by atoms with E-state index in [0.717, 1.165) is 24.5 Å². The smallest absolute Gasteiger partial charge is 0.456 e. The normalized spacial score (nSPS) is 18.7. The minimum atomic E-state index is -1.85. The Kier molecular flexibility index (Phi) is 14.9. The molecule has 1 saturated heterocycles. The van der Waals surface area contributed by atoms with E-state index in [9.17, 15) is 24.0 Å². The topological polar surface area (TPSA) is 178 Å². The zero-order valence-electron chi connectivity index (χ0n) is 30.9. The second kappa shape index (κ2) is 20.2. The van der Waals surface area contributed by atoms with Gasteiger partial charge in [0.2, 0.25) is 11.9 Å². The molecule has 4 atom stereocenters. The van der Waals surface area contributed by atoms with E-state index >= 15 is 0 Å². The summed E-state index contributed by atoms with van der Waals surface area (Å²) in [6.45, 7) is 12.7. The van der Waals surface area contributed by atoms with Crippen LogP contribution >= 0.6 is 22.9 Å². The van der Waals surface area contributed by atoms with Gasteiger partial charge in [0.1, 0.15) is 29.7 Å². The first kappa shape index (κ1) is 42.0. The average Bonchev–Trinajstić information content (AvgIpc) is 3.61. The molecule has 0 saturated carbocycles. The third-order valence-corrected chi connectivity index (χ3v) is 9.77. The Bertz CT molecular complexity index is 2020. The van der Waals surface area contributed by atoms with Gasteiger partial charge < -0.3 is 43.4 Å². The number of carbonyl (C=O) groups excluding carboxylic acids is 5. The highest BCUT2D eigenvalue weighted by Gasteiger charge is 2.45. The van der Waals surface area contributed by atoms with Crippen LogP contribution in [-0.2, 0) is 38.0 Å². The number of hydrogen-bond acceptors (Lipinski definition) is 15. The summed E-state index contributed by atoms with van der Waals surface area (Å²) in [5.41, 5.74) is 2.20. The van der Waals surface area contributed by atoms with Crippen molar-refractivity contribution in [2.75, 3.05) is 37.8 Å². The largest absolute Gasteiger partial charge is 0.509 e. The third-order valence-electron chi connectivity index (χ3n) is 8.31. The molecule has 1 N–H and O–H groups in total. The van der Waals surface area contributed by atoms with Crippen LogP contribution in [0.1, 0.15) is 38.6 Å². The van der Waals surface area contributed by atoms with Crippen molar-refractivity contribution in [3.05, 3.63) is 119 Å². The number of aryl methyl sites for hydroxylation is 1. The molecule has 2 aromatic carbocycles. The maximum Gasteiger partial charge on any atom is 0.509 e. The predicted molar refractivity (Wildman–Crippen MR) is 209 cm³/mol. The van der Waals surface area contributed by atoms with Gasteiger partial charge in [-0.3, -0.25) is 4.79 Å². The quantitative estimate of drug-likeness (QED) is 0.0971. The summed E-state index contributed by atoms with van der Waals surface area (Å²) in [5, 5.41) is 4.45. The molecule has 0 aliphatic carbocycles. The highest BCUT2D eigenvalue weighted by atomic mass is 35.5. The molecule has 0 spiro atoms. The molecule has 1 fully saturated rings. The number of aromatic nitrogens is 1. The van der Waals surface area contributed by atoms with Gasteiger partial charge in [-0.05, 0) is 50.1 Å². The highest BCUT2D eigenvalue weighted by molar-refractivity contribution is 7.17. The van der Waals surface area contributed by atoms with E-state index < -0.39 is 48.5 Å². The summed E-state index contributed by atoms with van der Waals surface area (Å²) in [4.78, 5) is 72.2. The van der Waals surface area contributed by atoms with Crippen molar-refractivity contribution in [1.29, 1.82) is 0 Å².